The molecule has 3 aromatic carbocycles. The Bertz CT molecular complexity index is 1340. The van der Waals surface area contributed by atoms with Crippen molar-refractivity contribution in [2.45, 2.75) is 32.7 Å². The Labute approximate surface area is 217 Å². The van der Waals surface area contributed by atoms with E-state index < -0.39 is 0 Å². The van der Waals surface area contributed by atoms with E-state index in [0.29, 0.717) is 25.4 Å². The highest BCUT2D eigenvalue weighted by Crippen LogP contribution is 2.35. The van der Waals surface area contributed by atoms with Crippen LogP contribution < -0.4 is 9.47 Å². The van der Waals surface area contributed by atoms with Gasteiger partial charge in [-0.1, -0.05) is 30.3 Å². The molecule has 6 heteroatoms. The maximum atomic E-state index is 11.1. The average molecular weight is 500 g/mol. The minimum atomic E-state index is 0.418. The summed E-state index contributed by atoms with van der Waals surface area (Å²) in [6, 6.07) is 22.8. The van der Waals surface area contributed by atoms with Crippen LogP contribution in [-0.4, -0.2) is 37.6 Å². The number of carbonyl (C=O) groups is 2. The van der Waals surface area contributed by atoms with Crippen LogP contribution in [0.4, 0.5) is 0 Å². The third-order valence-electron chi connectivity index (χ3n) is 6.31. The minimum absolute atomic E-state index is 0.418. The summed E-state index contributed by atoms with van der Waals surface area (Å²) in [7, 11) is 1.69. The molecule has 1 aliphatic rings. The summed E-state index contributed by atoms with van der Waals surface area (Å²) >= 11 is 0. The number of nitrogens with zero attached hydrogens (tertiary/aromatic N) is 1. The van der Waals surface area contributed by atoms with Crippen LogP contribution in [0.25, 0.3) is 22.0 Å². The van der Waals surface area contributed by atoms with Crippen molar-refractivity contribution in [2.24, 2.45) is 5.92 Å². The van der Waals surface area contributed by atoms with Gasteiger partial charge in [-0.25, -0.2) is 0 Å². The molecule has 192 valence electrons. The lowest BCUT2D eigenvalue weighted by Crippen LogP contribution is -1.99. The second-order valence-corrected chi connectivity index (χ2v) is 9.08. The molecule has 0 unspecified atom stereocenters. The zero-order valence-electron chi connectivity index (χ0n) is 21.4. The number of methoxy groups -OCH3 is 1. The SMILES string of the molecule is CCOC=O.COc1cccc(Cn2cc(-c3cccc(OCC4CC4)c3)c3cc(CC=O)ccc32)c1. The van der Waals surface area contributed by atoms with Crippen LogP contribution >= 0.6 is 0 Å². The van der Waals surface area contributed by atoms with E-state index in [1.165, 1.54) is 18.4 Å². The molecule has 5 rings (SSSR count). The first-order valence-electron chi connectivity index (χ1n) is 12.6. The fourth-order valence-electron chi connectivity index (χ4n) is 4.22. The average Bonchev–Trinajstić information content (AvgIpc) is 3.70. The first kappa shape index (κ1) is 26.0. The van der Waals surface area contributed by atoms with Gasteiger partial charge in [0.05, 0.1) is 20.3 Å². The topological polar surface area (TPSA) is 66.8 Å². The Morgan fingerprint density at radius 3 is 2.46 bits per heavy atom. The number of benzene rings is 3. The van der Waals surface area contributed by atoms with Crippen LogP contribution in [-0.2, 0) is 27.3 Å². The maximum Gasteiger partial charge on any atom is 0.293 e. The molecule has 0 aliphatic heterocycles. The summed E-state index contributed by atoms with van der Waals surface area (Å²) in [4.78, 5) is 20.3. The van der Waals surface area contributed by atoms with Crippen LogP contribution in [0.2, 0.25) is 0 Å². The summed E-state index contributed by atoms with van der Waals surface area (Å²) in [6.45, 7) is 4.20. The van der Waals surface area contributed by atoms with Crippen LogP contribution in [0.1, 0.15) is 30.9 Å². The lowest BCUT2D eigenvalue weighted by Gasteiger charge is -2.08. The van der Waals surface area contributed by atoms with Gasteiger partial charge >= 0.3 is 0 Å². The highest BCUT2D eigenvalue weighted by atomic mass is 16.5. The van der Waals surface area contributed by atoms with Gasteiger partial charge < -0.3 is 23.6 Å². The summed E-state index contributed by atoms with van der Waals surface area (Å²) < 4.78 is 17.8. The van der Waals surface area contributed by atoms with Crippen LogP contribution in [0.3, 0.4) is 0 Å². The molecule has 6 nitrogen and oxygen atoms in total. The van der Waals surface area contributed by atoms with Gasteiger partial charge in [0.2, 0.25) is 0 Å². The number of ether oxygens (including phenoxy) is 3. The van der Waals surface area contributed by atoms with Gasteiger partial charge in [-0.15, -0.1) is 0 Å². The molecule has 1 aliphatic carbocycles. The minimum Gasteiger partial charge on any atom is -0.497 e. The van der Waals surface area contributed by atoms with E-state index in [2.05, 4.69) is 58.0 Å². The second kappa shape index (κ2) is 12.8. The summed E-state index contributed by atoms with van der Waals surface area (Å²) in [5, 5.41) is 1.14. The Morgan fingerprint density at radius 2 is 1.76 bits per heavy atom. The van der Waals surface area contributed by atoms with Gasteiger partial charge in [0.15, 0.2) is 0 Å². The van der Waals surface area contributed by atoms with Gasteiger partial charge in [-0.3, -0.25) is 4.79 Å². The second-order valence-electron chi connectivity index (χ2n) is 9.08. The van der Waals surface area contributed by atoms with Crippen molar-refractivity contribution in [1.29, 1.82) is 0 Å². The van der Waals surface area contributed by atoms with Crippen molar-refractivity contribution < 1.29 is 23.8 Å². The molecular weight excluding hydrogens is 466 g/mol. The van der Waals surface area contributed by atoms with Crippen LogP contribution in [0.5, 0.6) is 11.5 Å². The normalized spacial score (nSPS) is 12.4. The lowest BCUT2D eigenvalue weighted by atomic mass is 10.0. The molecule has 37 heavy (non-hydrogen) atoms. The highest BCUT2D eigenvalue weighted by molar-refractivity contribution is 5.97. The largest absolute Gasteiger partial charge is 0.497 e. The zero-order valence-corrected chi connectivity index (χ0v) is 21.4. The molecule has 1 fully saturated rings. The van der Waals surface area contributed by atoms with Gasteiger partial charge in [0.25, 0.3) is 6.47 Å². The quantitative estimate of drug-likeness (QED) is 0.234. The first-order valence-corrected chi connectivity index (χ1v) is 12.6. The number of hydrogen-bond acceptors (Lipinski definition) is 5. The van der Waals surface area contributed by atoms with E-state index in [4.69, 9.17) is 9.47 Å². The molecule has 0 bridgehead atoms. The summed E-state index contributed by atoms with van der Waals surface area (Å²) in [5.41, 5.74) is 5.60. The molecule has 1 heterocycles. The smallest absolute Gasteiger partial charge is 0.293 e. The fourth-order valence-corrected chi connectivity index (χ4v) is 4.22. The van der Waals surface area contributed by atoms with Crippen molar-refractivity contribution >= 4 is 23.7 Å². The van der Waals surface area contributed by atoms with Gasteiger partial charge in [-0.2, -0.15) is 0 Å². The zero-order chi connectivity index (χ0) is 26.0. The van der Waals surface area contributed by atoms with E-state index in [1.54, 1.807) is 14.0 Å². The molecule has 4 aromatic rings. The van der Waals surface area contributed by atoms with E-state index in [9.17, 15) is 9.59 Å². The standard InChI is InChI=1S/C28H27NO3.C3H6O2/c1-31-24-6-2-4-22(14-24)17-29-18-27(26-15-20(12-13-30)10-11-28(26)29)23-5-3-7-25(16-23)32-19-21-8-9-21;1-2-5-3-4/h2-7,10-11,13-16,18,21H,8-9,12,17,19H2,1H3;3H,2H2,1H3. The molecule has 0 N–H and O–H groups in total. The predicted octanol–water partition coefficient (Wildman–Crippen LogP) is 6.07. The van der Waals surface area contributed by atoms with Crippen molar-refractivity contribution in [2.75, 3.05) is 20.3 Å². The number of hydrogen-bond donors (Lipinski definition) is 0. The van der Waals surface area contributed by atoms with Crippen molar-refractivity contribution in [1.82, 2.24) is 4.57 Å². The molecule has 1 saturated carbocycles. The molecule has 1 aromatic heterocycles. The third-order valence-corrected chi connectivity index (χ3v) is 6.31. The van der Waals surface area contributed by atoms with E-state index in [0.717, 1.165) is 58.5 Å². The number of fused-ring (bicyclic) bond motifs is 1. The Morgan fingerprint density at radius 1 is 0.946 bits per heavy atom. The fraction of sp³-hybridized carbons (Fsp3) is 0.290. The molecule has 0 amide bonds. The number of rotatable bonds is 11. The molecule has 0 saturated heterocycles. The Balaban J connectivity index is 0.000000586. The molecular formula is C31H33NO5. The molecule has 0 atom stereocenters. The number of aldehydes is 1. The lowest BCUT2D eigenvalue weighted by molar-refractivity contribution is -0.128. The highest BCUT2D eigenvalue weighted by Gasteiger charge is 2.22. The maximum absolute atomic E-state index is 11.1. The molecule has 0 radical (unpaired) electrons. The van der Waals surface area contributed by atoms with E-state index >= 15 is 0 Å². The van der Waals surface area contributed by atoms with Crippen LogP contribution in [0.15, 0.2) is 72.9 Å². The summed E-state index contributed by atoms with van der Waals surface area (Å²) in [6.07, 6.45) is 6.13. The van der Waals surface area contributed by atoms with Crippen LogP contribution in [0, 0.1) is 5.92 Å². The van der Waals surface area contributed by atoms with Gasteiger partial charge in [0, 0.05) is 35.6 Å². The first-order chi connectivity index (χ1) is 18.1. The van der Waals surface area contributed by atoms with Crippen molar-refractivity contribution in [3.05, 3.63) is 84.1 Å². The van der Waals surface area contributed by atoms with Crippen molar-refractivity contribution in [3.63, 3.8) is 0 Å². The van der Waals surface area contributed by atoms with E-state index in [-0.39, 0.29) is 0 Å². The molecule has 0 spiro atoms. The summed E-state index contributed by atoms with van der Waals surface area (Å²) in [5.74, 6) is 2.48. The number of carbonyl (C=O) groups excluding carboxylic acids is 2. The third kappa shape index (κ3) is 7.00. The predicted molar refractivity (Wildman–Crippen MR) is 145 cm³/mol. The van der Waals surface area contributed by atoms with Crippen molar-refractivity contribution in [3.8, 4) is 22.6 Å². The van der Waals surface area contributed by atoms with E-state index in [1.807, 2.05) is 24.3 Å². The Kier molecular flexibility index (Phi) is 8.98. The monoisotopic (exact) mass is 499 g/mol. The van der Waals surface area contributed by atoms with Gasteiger partial charge in [-0.05, 0) is 78.8 Å². The van der Waals surface area contributed by atoms with Gasteiger partial charge in [0.1, 0.15) is 17.8 Å². The number of aromatic nitrogens is 1. The Hall–Kier alpha value is -4.06.